The van der Waals surface area contributed by atoms with Crippen LogP contribution in [0.15, 0.2) is 48.1 Å². The molecule has 0 radical (unpaired) electrons. The average Bonchev–Trinajstić information content (AvgIpc) is 2.80. The van der Waals surface area contributed by atoms with E-state index in [0.29, 0.717) is 37.5 Å². The first-order valence-electron chi connectivity index (χ1n) is 12.6. The van der Waals surface area contributed by atoms with Gasteiger partial charge in [-0.05, 0) is 68.6 Å². The minimum absolute atomic E-state index is 0.0199. The van der Waals surface area contributed by atoms with Crippen molar-refractivity contribution in [3.8, 4) is 5.75 Å². The summed E-state index contributed by atoms with van der Waals surface area (Å²) in [5.74, 6) is 0.843. The molecule has 8 atom stereocenters. The lowest BCUT2D eigenvalue weighted by atomic mass is 9.66. The highest BCUT2D eigenvalue weighted by Crippen LogP contribution is 2.44. The molecule has 3 aliphatic rings. The van der Waals surface area contributed by atoms with E-state index in [9.17, 15) is 15.0 Å². The first kappa shape index (κ1) is 25.0. The molecule has 0 spiro atoms. The monoisotopic (exact) mass is 470 g/mol. The third kappa shape index (κ3) is 5.91. The summed E-state index contributed by atoms with van der Waals surface area (Å²) in [6.07, 6.45) is 7.65. The number of carbonyl (C=O) groups is 1. The highest BCUT2D eigenvalue weighted by Gasteiger charge is 2.42. The molecule has 1 aliphatic heterocycles. The Morgan fingerprint density at radius 1 is 1.21 bits per heavy atom. The zero-order valence-electron chi connectivity index (χ0n) is 20.4. The Morgan fingerprint density at radius 2 is 2.00 bits per heavy atom. The first-order valence-corrected chi connectivity index (χ1v) is 12.6. The van der Waals surface area contributed by atoms with Crippen LogP contribution in [0.5, 0.6) is 5.75 Å². The molecule has 1 saturated heterocycles. The van der Waals surface area contributed by atoms with E-state index in [1.54, 1.807) is 6.92 Å². The van der Waals surface area contributed by atoms with Gasteiger partial charge in [-0.25, -0.2) is 4.79 Å². The number of carbonyl (C=O) groups excluding carboxylic acids is 1. The molecule has 1 aromatic rings. The highest BCUT2D eigenvalue weighted by molar-refractivity contribution is 5.75. The Kier molecular flexibility index (Phi) is 8.12. The maximum absolute atomic E-state index is 13.0. The van der Waals surface area contributed by atoms with E-state index in [0.717, 1.165) is 24.0 Å². The third-order valence-corrected chi connectivity index (χ3v) is 7.53. The molecule has 6 heteroatoms. The van der Waals surface area contributed by atoms with E-state index >= 15 is 0 Å². The van der Waals surface area contributed by atoms with Gasteiger partial charge in [0.2, 0.25) is 0 Å². The zero-order chi connectivity index (χ0) is 24.2. The lowest BCUT2D eigenvalue weighted by Gasteiger charge is -2.43. The molecule has 1 unspecified atom stereocenters. The average molecular weight is 471 g/mol. The highest BCUT2D eigenvalue weighted by atomic mass is 16.6. The smallest absolute Gasteiger partial charge is 0.347 e. The van der Waals surface area contributed by atoms with E-state index in [1.807, 2.05) is 37.3 Å². The molecular formula is C28H38O6. The van der Waals surface area contributed by atoms with Gasteiger partial charge in [0.25, 0.3) is 0 Å². The molecule has 1 fully saturated rings. The van der Waals surface area contributed by atoms with Crippen molar-refractivity contribution in [3.63, 3.8) is 0 Å². The molecule has 186 valence electrons. The number of hydrogen-bond donors (Lipinski definition) is 2. The van der Waals surface area contributed by atoms with Crippen molar-refractivity contribution < 1.29 is 29.2 Å². The quantitative estimate of drug-likeness (QED) is 0.583. The number of benzene rings is 1. The number of rotatable bonds is 7. The van der Waals surface area contributed by atoms with E-state index in [2.05, 4.69) is 19.1 Å². The minimum atomic E-state index is -0.750. The number of fused-ring (bicyclic) bond motifs is 1. The van der Waals surface area contributed by atoms with Crippen molar-refractivity contribution in [1.82, 2.24) is 0 Å². The normalized spacial score (nSPS) is 34.0. The standard InChI is InChI=1S/C28H38O6/c1-17-8-9-20-14-22(30)16-26(27(20)24(17)11-10-23-15-21(29)12-13-32-23)34-28(31)19(3)33-25-7-5-4-6-18(25)2/h4-9,14,17,19,21-24,26-27,29-30H,10-13,15-16H2,1-3H3/t17-,19?,21+,22+,23+,24-,26-,27-/m0/s1. The molecule has 1 heterocycles. The van der Waals surface area contributed by atoms with Crippen LogP contribution in [0.3, 0.4) is 0 Å². The number of ether oxygens (including phenoxy) is 3. The van der Waals surface area contributed by atoms with E-state index in [4.69, 9.17) is 14.2 Å². The molecule has 4 rings (SSSR count). The Bertz CT molecular complexity index is 908. The second kappa shape index (κ2) is 11.1. The topological polar surface area (TPSA) is 85.2 Å². The molecule has 2 N–H and O–H groups in total. The second-order valence-electron chi connectivity index (χ2n) is 10.1. The number of hydrogen-bond acceptors (Lipinski definition) is 6. The predicted octanol–water partition coefficient (Wildman–Crippen LogP) is 4.12. The summed E-state index contributed by atoms with van der Waals surface area (Å²) < 4.78 is 17.8. The van der Waals surface area contributed by atoms with Gasteiger partial charge in [-0.15, -0.1) is 0 Å². The summed E-state index contributed by atoms with van der Waals surface area (Å²) in [7, 11) is 0. The van der Waals surface area contributed by atoms with Gasteiger partial charge in [-0.1, -0.05) is 43.4 Å². The molecule has 0 amide bonds. The van der Waals surface area contributed by atoms with Crippen molar-refractivity contribution in [3.05, 3.63) is 53.6 Å². The van der Waals surface area contributed by atoms with Gasteiger partial charge >= 0.3 is 5.97 Å². The van der Waals surface area contributed by atoms with Gasteiger partial charge in [0.1, 0.15) is 11.9 Å². The van der Waals surface area contributed by atoms with E-state index in [-0.39, 0.29) is 24.0 Å². The summed E-state index contributed by atoms with van der Waals surface area (Å²) in [5.41, 5.74) is 2.00. The molecule has 0 saturated carbocycles. The van der Waals surface area contributed by atoms with Crippen molar-refractivity contribution in [2.75, 3.05) is 6.61 Å². The van der Waals surface area contributed by atoms with Gasteiger partial charge in [-0.3, -0.25) is 0 Å². The van der Waals surface area contributed by atoms with Crippen molar-refractivity contribution in [2.24, 2.45) is 17.8 Å². The Hall–Kier alpha value is -2.15. The molecule has 1 aromatic carbocycles. The van der Waals surface area contributed by atoms with Crippen LogP contribution in [0.25, 0.3) is 0 Å². The fourth-order valence-corrected chi connectivity index (χ4v) is 5.60. The van der Waals surface area contributed by atoms with Gasteiger partial charge in [-0.2, -0.15) is 0 Å². The van der Waals surface area contributed by atoms with Crippen LogP contribution >= 0.6 is 0 Å². The summed E-state index contributed by atoms with van der Waals surface area (Å²) in [6, 6.07) is 7.60. The van der Waals surface area contributed by atoms with Gasteiger partial charge in [0.15, 0.2) is 6.10 Å². The Balaban J connectivity index is 1.45. The van der Waals surface area contributed by atoms with Crippen LogP contribution < -0.4 is 4.74 Å². The third-order valence-electron chi connectivity index (χ3n) is 7.53. The molecular weight excluding hydrogens is 432 g/mol. The first-order chi connectivity index (χ1) is 16.3. The van der Waals surface area contributed by atoms with E-state index < -0.39 is 24.3 Å². The lowest BCUT2D eigenvalue weighted by molar-refractivity contribution is -0.162. The number of para-hydroxylation sites is 1. The van der Waals surface area contributed by atoms with Crippen molar-refractivity contribution in [1.29, 1.82) is 0 Å². The molecule has 34 heavy (non-hydrogen) atoms. The van der Waals surface area contributed by atoms with Gasteiger partial charge in [0.05, 0.1) is 18.3 Å². The summed E-state index contributed by atoms with van der Waals surface area (Å²) in [5, 5.41) is 20.5. The fourth-order valence-electron chi connectivity index (χ4n) is 5.60. The number of allylic oxidation sites excluding steroid dienone is 2. The maximum atomic E-state index is 13.0. The fraction of sp³-hybridized carbons (Fsp3) is 0.607. The largest absolute Gasteiger partial charge is 0.479 e. The van der Waals surface area contributed by atoms with E-state index in [1.165, 1.54) is 0 Å². The van der Waals surface area contributed by atoms with Gasteiger partial charge in [0, 0.05) is 18.9 Å². The van der Waals surface area contributed by atoms with Crippen LogP contribution in [0, 0.1) is 24.7 Å². The zero-order valence-corrected chi connectivity index (χ0v) is 20.4. The minimum Gasteiger partial charge on any atom is -0.479 e. The van der Waals surface area contributed by atoms with Crippen LogP contribution in [0.4, 0.5) is 0 Å². The number of aryl methyl sites for hydroxylation is 1. The van der Waals surface area contributed by atoms with Gasteiger partial charge < -0.3 is 24.4 Å². The van der Waals surface area contributed by atoms with Crippen molar-refractivity contribution >= 4 is 5.97 Å². The van der Waals surface area contributed by atoms with Crippen molar-refractivity contribution in [2.45, 2.75) is 83.4 Å². The van der Waals surface area contributed by atoms with Crippen LogP contribution in [0.1, 0.15) is 51.5 Å². The van der Waals surface area contributed by atoms with Crippen LogP contribution in [0.2, 0.25) is 0 Å². The molecule has 2 aliphatic carbocycles. The SMILES string of the molecule is Cc1ccccc1OC(C)C(=O)O[C@H]1C[C@H](O)C=C2C=C[C@H](C)[C@H](CC[C@@H]3C[C@H](O)CCO3)[C@H]21. The lowest BCUT2D eigenvalue weighted by Crippen LogP contribution is -2.44. The Labute approximate surface area is 202 Å². The van der Waals surface area contributed by atoms with Crippen LogP contribution in [-0.4, -0.2) is 53.3 Å². The van der Waals surface area contributed by atoms with Crippen LogP contribution in [-0.2, 0) is 14.3 Å². The summed E-state index contributed by atoms with van der Waals surface area (Å²) >= 11 is 0. The number of aliphatic hydroxyl groups is 2. The molecule has 0 aromatic heterocycles. The second-order valence-corrected chi connectivity index (χ2v) is 10.1. The molecule has 6 nitrogen and oxygen atoms in total. The summed E-state index contributed by atoms with van der Waals surface area (Å²) in [6.45, 7) is 6.45. The number of aliphatic hydroxyl groups excluding tert-OH is 2. The Morgan fingerprint density at radius 3 is 2.76 bits per heavy atom. The number of esters is 1. The maximum Gasteiger partial charge on any atom is 0.347 e. The summed E-state index contributed by atoms with van der Waals surface area (Å²) in [4.78, 5) is 13.0. The predicted molar refractivity (Wildman–Crippen MR) is 129 cm³/mol. The molecule has 0 bridgehead atoms.